The first-order chi connectivity index (χ1) is 9.22. The van der Waals surface area contributed by atoms with Crippen molar-refractivity contribution in [2.45, 2.75) is 20.1 Å². The molecule has 0 saturated carbocycles. The fraction of sp³-hybridized carbons (Fsp3) is 0.357. The molecule has 102 valence electrons. The van der Waals surface area contributed by atoms with Crippen LogP contribution in [0.15, 0.2) is 35.1 Å². The van der Waals surface area contributed by atoms with Crippen molar-refractivity contribution in [2.24, 2.45) is 0 Å². The Bertz CT molecular complexity index is 539. The molecule has 0 radical (unpaired) electrons. The van der Waals surface area contributed by atoms with Crippen molar-refractivity contribution in [1.29, 1.82) is 0 Å². The van der Waals surface area contributed by atoms with Crippen LogP contribution in [0, 0.1) is 6.92 Å². The molecule has 0 aliphatic rings. The van der Waals surface area contributed by atoms with Gasteiger partial charge in [-0.15, -0.1) is 0 Å². The van der Waals surface area contributed by atoms with Gasteiger partial charge in [0.25, 0.3) is 0 Å². The van der Waals surface area contributed by atoms with Gasteiger partial charge in [0.1, 0.15) is 5.82 Å². The molecule has 19 heavy (non-hydrogen) atoms. The third-order valence-corrected chi connectivity index (χ3v) is 3.74. The minimum Gasteiger partial charge on any atom is -0.383 e. The first-order valence-electron chi connectivity index (χ1n) is 6.20. The van der Waals surface area contributed by atoms with Crippen molar-refractivity contribution in [1.82, 2.24) is 9.55 Å². The third kappa shape index (κ3) is 3.58. The monoisotopic (exact) mass is 323 g/mol. The molecule has 0 unspecified atom stereocenters. The number of anilines is 1. The summed E-state index contributed by atoms with van der Waals surface area (Å²) in [4.78, 5) is 4.21. The normalized spacial score (nSPS) is 10.7. The zero-order valence-electron chi connectivity index (χ0n) is 11.2. The summed E-state index contributed by atoms with van der Waals surface area (Å²) >= 11 is 3.56. The number of hydrogen-bond donors (Lipinski definition) is 1. The van der Waals surface area contributed by atoms with Gasteiger partial charge in [-0.05, 0) is 19.1 Å². The Labute approximate surface area is 121 Å². The maximum Gasteiger partial charge on any atom is 0.105 e. The van der Waals surface area contributed by atoms with E-state index in [2.05, 4.69) is 36.9 Å². The van der Waals surface area contributed by atoms with Gasteiger partial charge in [0, 0.05) is 48.3 Å². The van der Waals surface area contributed by atoms with Gasteiger partial charge in [-0.2, -0.15) is 0 Å². The van der Waals surface area contributed by atoms with Crippen LogP contribution in [0.2, 0.25) is 0 Å². The van der Waals surface area contributed by atoms with E-state index in [-0.39, 0.29) is 0 Å². The van der Waals surface area contributed by atoms with E-state index in [1.807, 2.05) is 31.5 Å². The summed E-state index contributed by atoms with van der Waals surface area (Å²) in [7, 11) is 1.71. The predicted octanol–water partition coefficient (Wildman–Crippen LogP) is 3.21. The molecule has 0 aliphatic carbocycles. The van der Waals surface area contributed by atoms with Crippen LogP contribution in [0.25, 0.3) is 0 Å². The van der Waals surface area contributed by atoms with Crippen LogP contribution in [0.4, 0.5) is 5.69 Å². The lowest BCUT2D eigenvalue weighted by Crippen LogP contribution is -2.12. The van der Waals surface area contributed by atoms with Crippen molar-refractivity contribution in [3.63, 3.8) is 0 Å². The zero-order valence-corrected chi connectivity index (χ0v) is 12.8. The molecule has 0 atom stereocenters. The van der Waals surface area contributed by atoms with Gasteiger partial charge in [-0.1, -0.05) is 22.0 Å². The van der Waals surface area contributed by atoms with Gasteiger partial charge in [-0.3, -0.25) is 0 Å². The van der Waals surface area contributed by atoms with E-state index < -0.39 is 0 Å². The lowest BCUT2D eigenvalue weighted by molar-refractivity contribution is 0.185. The van der Waals surface area contributed by atoms with E-state index >= 15 is 0 Å². The van der Waals surface area contributed by atoms with Crippen LogP contribution in [0.5, 0.6) is 0 Å². The molecule has 5 heteroatoms. The molecule has 1 heterocycles. The molecule has 1 aromatic carbocycles. The number of nitrogens with one attached hydrogen (secondary N) is 1. The second-order valence-electron chi connectivity index (χ2n) is 4.29. The Morgan fingerprint density at radius 3 is 2.95 bits per heavy atom. The molecule has 2 aromatic rings. The molecule has 0 fully saturated rings. The second-order valence-corrected chi connectivity index (χ2v) is 5.15. The van der Waals surface area contributed by atoms with E-state index in [9.17, 15) is 0 Å². The average Bonchev–Trinajstić information content (AvgIpc) is 2.79. The van der Waals surface area contributed by atoms with Crippen molar-refractivity contribution in [2.75, 3.05) is 19.0 Å². The number of nitrogens with zero attached hydrogens (tertiary/aromatic N) is 2. The van der Waals surface area contributed by atoms with Gasteiger partial charge >= 0.3 is 0 Å². The Morgan fingerprint density at radius 2 is 2.26 bits per heavy atom. The van der Waals surface area contributed by atoms with Crippen molar-refractivity contribution < 1.29 is 4.74 Å². The van der Waals surface area contributed by atoms with Gasteiger partial charge < -0.3 is 14.6 Å². The summed E-state index contributed by atoms with van der Waals surface area (Å²) < 4.78 is 8.43. The molecule has 1 aromatic heterocycles. The number of aryl methyl sites for hydroxylation is 1. The Balaban J connectivity index is 1.99. The second kappa shape index (κ2) is 6.73. The van der Waals surface area contributed by atoms with Crippen LogP contribution in [-0.2, 0) is 17.9 Å². The molecule has 2 rings (SSSR count). The number of ether oxygens (including phenoxy) is 1. The van der Waals surface area contributed by atoms with Crippen LogP contribution >= 0.6 is 15.9 Å². The molecular formula is C14H18BrN3O. The number of imidazole rings is 1. The zero-order chi connectivity index (χ0) is 13.7. The first kappa shape index (κ1) is 14.1. The van der Waals surface area contributed by atoms with E-state index in [1.54, 1.807) is 7.11 Å². The van der Waals surface area contributed by atoms with Gasteiger partial charge in [0.2, 0.25) is 0 Å². The SMILES string of the molecule is COCc1c(Br)cccc1NCCn1ccnc1C. The quantitative estimate of drug-likeness (QED) is 0.887. The lowest BCUT2D eigenvalue weighted by Gasteiger charge is -2.14. The molecule has 4 nitrogen and oxygen atoms in total. The number of hydrogen-bond acceptors (Lipinski definition) is 3. The molecule has 0 spiro atoms. The Kier molecular flexibility index (Phi) is 4.99. The van der Waals surface area contributed by atoms with Crippen LogP contribution < -0.4 is 5.32 Å². The lowest BCUT2D eigenvalue weighted by atomic mass is 10.2. The summed E-state index contributed by atoms with van der Waals surface area (Å²) in [6.45, 7) is 4.35. The maximum absolute atomic E-state index is 5.24. The summed E-state index contributed by atoms with van der Waals surface area (Å²) in [6.07, 6.45) is 3.82. The topological polar surface area (TPSA) is 39.1 Å². The molecule has 1 N–H and O–H groups in total. The van der Waals surface area contributed by atoms with Crippen molar-refractivity contribution in [3.8, 4) is 0 Å². The molecule has 0 aliphatic heterocycles. The summed E-state index contributed by atoms with van der Waals surface area (Å²) in [5.41, 5.74) is 2.25. The minimum absolute atomic E-state index is 0.591. The summed E-state index contributed by atoms with van der Waals surface area (Å²) in [5.74, 6) is 1.04. The number of methoxy groups -OCH3 is 1. The molecule has 0 amide bonds. The number of rotatable bonds is 6. The summed E-state index contributed by atoms with van der Waals surface area (Å²) in [5, 5.41) is 3.45. The van der Waals surface area contributed by atoms with Crippen LogP contribution in [-0.4, -0.2) is 23.2 Å². The predicted molar refractivity (Wildman–Crippen MR) is 80.3 cm³/mol. The van der Waals surface area contributed by atoms with Gasteiger partial charge in [0.05, 0.1) is 6.61 Å². The number of aromatic nitrogens is 2. The largest absolute Gasteiger partial charge is 0.383 e. The standard InChI is InChI=1S/C14H18BrN3O/c1-11-16-6-8-18(11)9-7-17-14-5-3-4-13(15)12(14)10-19-2/h3-6,8,17H,7,9-10H2,1-2H3. The van der Waals surface area contributed by atoms with Gasteiger partial charge in [0.15, 0.2) is 0 Å². The highest BCUT2D eigenvalue weighted by molar-refractivity contribution is 9.10. The molecular weight excluding hydrogens is 306 g/mol. The third-order valence-electron chi connectivity index (χ3n) is 3.00. The van der Waals surface area contributed by atoms with Crippen molar-refractivity contribution >= 4 is 21.6 Å². The molecule has 0 bridgehead atoms. The number of benzene rings is 1. The maximum atomic E-state index is 5.24. The highest BCUT2D eigenvalue weighted by Crippen LogP contribution is 2.25. The van der Waals surface area contributed by atoms with E-state index in [1.165, 1.54) is 0 Å². The highest BCUT2D eigenvalue weighted by Gasteiger charge is 2.06. The van der Waals surface area contributed by atoms with E-state index in [0.717, 1.165) is 34.6 Å². The first-order valence-corrected chi connectivity index (χ1v) is 6.99. The molecule has 0 saturated heterocycles. The van der Waals surface area contributed by atoms with E-state index in [0.29, 0.717) is 6.61 Å². The highest BCUT2D eigenvalue weighted by atomic mass is 79.9. The van der Waals surface area contributed by atoms with Crippen molar-refractivity contribution in [3.05, 3.63) is 46.5 Å². The number of halogens is 1. The fourth-order valence-electron chi connectivity index (χ4n) is 1.97. The van der Waals surface area contributed by atoms with Gasteiger partial charge in [-0.25, -0.2) is 4.98 Å². The Hall–Kier alpha value is -1.33. The smallest absolute Gasteiger partial charge is 0.105 e. The minimum atomic E-state index is 0.591. The van der Waals surface area contributed by atoms with E-state index in [4.69, 9.17) is 4.74 Å². The van der Waals surface area contributed by atoms with Crippen LogP contribution in [0.3, 0.4) is 0 Å². The Morgan fingerprint density at radius 1 is 1.42 bits per heavy atom. The van der Waals surface area contributed by atoms with Crippen LogP contribution in [0.1, 0.15) is 11.4 Å². The summed E-state index contributed by atoms with van der Waals surface area (Å²) in [6, 6.07) is 6.12. The fourth-order valence-corrected chi connectivity index (χ4v) is 2.45. The average molecular weight is 324 g/mol.